The first kappa shape index (κ1) is 16.7. The fourth-order valence-corrected chi connectivity index (χ4v) is 3.06. The number of morpholine rings is 1. The molecule has 0 spiro atoms. The lowest BCUT2D eigenvalue weighted by atomic mass is 10.2. The van der Waals surface area contributed by atoms with Gasteiger partial charge in [-0.3, -0.25) is 0 Å². The fourth-order valence-electron chi connectivity index (χ4n) is 2.15. The molecule has 1 aliphatic heterocycles. The molecular weight excluding hydrogens is 288 g/mol. The minimum Gasteiger partial charge on any atom is -0.375 e. The molecule has 0 aliphatic carbocycles. The Kier molecular flexibility index (Phi) is 6.88. The molecule has 1 aromatic rings. The van der Waals surface area contributed by atoms with Gasteiger partial charge >= 0.3 is 0 Å². The third-order valence-electron chi connectivity index (χ3n) is 3.29. The molecule has 2 heterocycles. The summed E-state index contributed by atoms with van der Waals surface area (Å²) in [6.07, 6.45) is 0.262. The highest BCUT2D eigenvalue weighted by atomic mass is 32.2. The van der Waals surface area contributed by atoms with Gasteiger partial charge in [0, 0.05) is 25.4 Å². The number of nitrogens with one attached hydrogen (secondary N) is 1. The van der Waals surface area contributed by atoms with Crippen LogP contribution < -0.4 is 5.32 Å². The van der Waals surface area contributed by atoms with Crippen LogP contribution in [0.1, 0.15) is 13.8 Å². The van der Waals surface area contributed by atoms with Crippen LogP contribution in [0.5, 0.6) is 0 Å². The molecule has 0 radical (unpaired) electrons. The molecule has 0 amide bonds. The molecule has 1 unspecified atom stereocenters. The molecule has 1 saturated heterocycles. The second-order valence-electron chi connectivity index (χ2n) is 5.85. The average Bonchev–Trinajstić information content (AvgIpc) is 2.89. The van der Waals surface area contributed by atoms with Crippen molar-refractivity contribution in [3.05, 3.63) is 0 Å². The summed E-state index contributed by atoms with van der Waals surface area (Å²) in [7, 11) is 2.13. The van der Waals surface area contributed by atoms with Gasteiger partial charge in [-0.15, -0.1) is 5.10 Å². The van der Waals surface area contributed by atoms with Gasteiger partial charge in [0.25, 0.3) is 0 Å². The van der Waals surface area contributed by atoms with Gasteiger partial charge < -0.3 is 15.0 Å². The summed E-state index contributed by atoms with van der Waals surface area (Å²) in [5.41, 5.74) is 0. The van der Waals surface area contributed by atoms with Crippen molar-refractivity contribution in [2.45, 2.75) is 31.7 Å². The number of likely N-dealkylation sites (N-methyl/N-ethyl adjacent to an activating group) is 1. The predicted octanol–water partition coefficient (Wildman–Crippen LogP) is 0.341. The van der Waals surface area contributed by atoms with Gasteiger partial charge in [0.1, 0.15) is 0 Å². The fraction of sp³-hybridized carbons (Fsp3) is 0.923. The topological polar surface area (TPSA) is 68.1 Å². The molecule has 21 heavy (non-hydrogen) atoms. The minimum absolute atomic E-state index is 0.262. The number of nitrogens with zero attached hydrogens (tertiary/aromatic N) is 5. The van der Waals surface area contributed by atoms with Crippen molar-refractivity contribution >= 4 is 11.8 Å². The van der Waals surface area contributed by atoms with Crippen molar-refractivity contribution in [1.29, 1.82) is 0 Å². The van der Waals surface area contributed by atoms with Crippen LogP contribution in [0.2, 0.25) is 0 Å². The Morgan fingerprint density at radius 1 is 1.48 bits per heavy atom. The number of hydrogen-bond donors (Lipinski definition) is 1. The smallest absolute Gasteiger partial charge is 0.209 e. The van der Waals surface area contributed by atoms with Gasteiger partial charge in [-0.2, -0.15) is 0 Å². The molecule has 0 bridgehead atoms. The molecule has 0 saturated carbocycles. The maximum atomic E-state index is 5.76. The van der Waals surface area contributed by atoms with E-state index in [2.05, 4.69) is 46.6 Å². The number of rotatable bonds is 8. The summed E-state index contributed by atoms with van der Waals surface area (Å²) in [4.78, 5) is 2.30. The standard InChI is InChI=1S/C13H26N6OS/c1-11(2)8-14-4-5-19-13(15-16-17-19)21-10-12-9-18(3)6-7-20-12/h11-12,14H,4-10H2,1-3H3. The molecule has 8 heteroatoms. The number of tetrazole rings is 1. The summed E-state index contributed by atoms with van der Waals surface area (Å²) in [5.74, 6) is 1.55. The maximum Gasteiger partial charge on any atom is 0.209 e. The highest BCUT2D eigenvalue weighted by Gasteiger charge is 2.19. The molecule has 1 aromatic heterocycles. The summed E-state index contributed by atoms with van der Waals surface area (Å²) < 4.78 is 7.62. The van der Waals surface area contributed by atoms with E-state index < -0.39 is 0 Å². The van der Waals surface area contributed by atoms with Crippen molar-refractivity contribution in [3.8, 4) is 0 Å². The van der Waals surface area contributed by atoms with Gasteiger partial charge in [0.15, 0.2) is 0 Å². The van der Waals surface area contributed by atoms with Crippen molar-refractivity contribution in [2.24, 2.45) is 5.92 Å². The first-order valence-electron chi connectivity index (χ1n) is 7.55. The summed E-state index contributed by atoms with van der Waals surface area (Å²) in [6, 6.07) is 0. The average molecular weight is 314 g/mol. The van der Waals surface area contributed by atoms with E-state index in [0.717, 1.165) is 50.2 Å². The van der Waals surface area contributed by atoms with Crippen LogP contribution in [0.3, 0.4) is 0 Å². The van der Waals surface area contributed by atoms with Crippen LogP contribution >= 0.6 is 11.8 Å². The molecule has 0 aromatic carbocycles. The summed E-state index contributed by atoms with van der Waals surface area (Å²) in [6.45, 7) is 9.91. The zero-order chi connectivity index (χ0) is 15.1. The summed E-state index contributed by atoms with van der Waals surface area (Å²) in [5, 5.41) is 16.2. The third-order valence-corrected chi connectivity index (χ3v) is 4.38. The lowest BCUT2D eigenvalue weighted by Gasteiger charge is -2.29. The van der Waals surface area contributed by atoms with E-state index in [9.17, 15) is 0 Å². The van der Waals surface area contributed by atoms with Crippen molar-refractivity contribution < 1.29 is 4.74 Å². The predicted molar refractivity (Wildman–Crippen MR) is 83.5 cm³/mol. The van der Waals surface area contributed by atoms with Gasteiger partial charge in [-0.25, -0.2) is 4.68 Å². The zero-order valence-corrected chi connectivity index (χ0v) is 14.0. The van der Waals surface area contributed by atoms with Gasteiger partial charge in [-0.1, -0.05) is 25.6 Å². The molecule has 7 nitrogen and oxygen atoms in total. The Balaban J connectivity index is 1.72. The quantitative estimate of drug-likeness (QED) is 0.548. The van der Waals surface area contributed by atoms with Crippen LogP contribution in [-0.4, -0.2) is 76.8 Å². The normalized spacial score (nSPS) is 20.3. The van der Waals surface area contributed by atoms with Crippen LogP contribution in [0.15, 0.2) is 5.16 Å². The molecule has 1 fully saturated rings. The zero-order valence-electron chi connectivity index (χ0n) is 13.2. The highest BCUT2D eigenvalue weighted by molar-refractivity contribution is 7.99. The molecule has 1 N–H and O–H groups in total. The Morgan fingerprint density at radius 3 is 3.10 bits per heavy atom. The second-order valence-corrected chi connectivity index (χ2v) is 6.84. The van der Waals surface area contributed by atoms with E-state index >= 15 is 0 Å². The van der Waals surface area contributed by atoms with Gasteiger partial charge in [-0.05, 0) is 29.9 Å². The minimum atomic E-state index is 0.262. The molecule has 1 aliphatic rings. The first-order chi connectivity index (χ1) is 10.1. The van der Waals surface area contributed by atoms with E-state index in [4.69, 9.17) is 4.74 Å². The molecular formula is C13H26N6OS. The van der Waals surface area contributed by atoms with Gasteiger partial charge in [0.05, 0.1) is 19.3 Å². The number of ether oxygens (including phenoxy) is 1. The van der Waals surface area contributed by atoms with E-state index in [1.54, 1.807) is 11.8 Å². The Bertz CT molecular complexity index is 413. The van der Waals surface area contributed by atoms with E-state index in [0.29, 0.717) is 5.92 Å². The van der Waals surface area contributed by atoms with E-state index in [-0.39, 0.29) is 6.10 Å². The third kappa shape index (κ3) is 5.90. The largest absolute Gasteiger partial charge is 0.375 e. The SMILES string of the molecule is CC(C)CNCCn1nnnc1SCC1CN(C)CCO1. The lowest BCUT2D eigenvalue weighted by Crippen LogP contribution is -2.41. The van der Waals surface area contributed by atoms with Crippen molar-refractivity contribution in [2.75, 3.05) is 45.6 Å². The van der Waals surface area contributed by atoms with Crippen LogP contribution in [0, 0.1) is 5.92 Å². The maximum absolute atomic E-state index is 5.76. The number of aromatic nitrogens is 4. The van der Waals surface area contributed by atoms with Crippen LogP contribution in [-0.2, 0) is 11.3 Å². The van der Waals surface area contributed by atoms with Gasteiger partial charge in [0.2, 0.25) is 5.16 Å². The Hall–Kier alpha value is -0.700. The monoisotopic (exact) mass is 314 g/mol. The molecule has 2 rings (SSSR count). The van der Waals surface area contributed by atoms with E-state index in [1.165, 1.54) is 0 Å². The molecule has 1 atom stereocenters. The van der Waals surface area contributed by atoms with Crippen LogP contribution in [0.25, 0.3) is 0 Å². The first-order valence-corrected chi connectivity index (χ1v) is 8.53. The van der Waals surface area contributed by atoms with E-state index in [1.807, 2.05) is 4.68 Å². The summed E-state index contributed by atoms with van der Waals surface area (Å²) >= 11 is 1.67. The number of thioether (sulfide) groups is 1. The van der Waals surface area contributed by atoms with Crippen molar-refractivity contribution in [1.82, 2.24) is 30.4 Å². The lowest BCUT2D eigenvalue weighted by molar-refractivity contribution is -0.00602. The Morgan fingerprint density at radius 2 is 2.33 bits per heavy atom. The second kappa shape index (κ2) is 8.67. The van der Waals surface area contributed by atoms with Crippen LogP contribution in [0.4, 0.5) is 0 Å². The number of hydrogen-bond acceptors (Lipinski definition) is 7. The molecule has 120 valence electrons. The Labute approximate surface area is 130 Å². The highest BCUT2D eigenvalue weighted by Crippen LogP contribution is 2.17. The van der Waals surface area contributed by atoms with Crippen molar-refractivity contribution in [3.63, 3.8) is 0 Å².